The second-order valence-electron chi connectivity index (χ2n) is 8.80. The van der Waals surface area contributed by atoms with Gasteiger partial charge in [0.05, 0.1) is 17.3 Å². The molecule has 0 unspecified atom stereocenters. The molecular formula is C23H25NO4S. The van der Waals surface area contributed by atoms with Crippen LogP contribution in [0.4, 0.5) is 0 Å². The quantitative estimate of drug-likeness (QED) is 0.705. The van der Waals surface area contributed by atoms with Crippen LogP contribution in [0.2, 0.25) is 0 Å². The van der Waals surface area contributed by atoms with E-state index in [1.807, 2.05) is 17.5 Å². The zero-order chi connectivity index (χ0) is 20.8. The number of hydrogen-bond donors (Lipinski definition) is 0. The summed E-state index contributed by atoms with van der Waals surface area (Å²) in [6, 6.07) is 7.63. The van der Waals surface area contributed by atoms with Gasteiger partial charge in [0.1, 0.15) is 18.1 Å². The molecule has 1 aliphatic carbocycles. The van der Waals surface area contributed by atoms with Crippen LogP contribution in [0.15, 0.2) is 29.6 Å². The molecule has 0 radical (unpaired) electrons. The van der Waals surface area contributed by atoms with Crippen molar-refractivity contribution in [3.8, 4) is 5.75 Å². The lowest BCUT2D eigenvalue weighted by Crippen LogP contribution is -2.44. The molecule has 2 heterocycles. The van der Waals surface area contributed by atoms with Crippen LogP contribution in [0.25, 0.3) is 0 Å². The van der Waals surface area contributed by atoms with Crippen molar-refractivity contribution < 1.29 is 19.1 Å². The van der Waals surface area contributed by atoms with Gasteiger partial charge in [0.25, 0.3) is 5.91 Å². The lowest BCUT2D eigenvalue weighted by molar-refractivity contribution is -0.133. The van der Waals surface area contributed by atoms with E-state index < -0.39 is 6.04 Å². The van der Waals surface area contributed by atoms with Crippen LogP contribution in [0.3, 0.4) is 0 Å². The molecule has 0 N–H and O–H groups in total. The Morgan fingerprint density at radius 1 is 1.14 bits per heavy atom. The van der Waals surface area contributed by atoms with Gasteiger partial charge in [0, 0.05) is 24.1 Å². The smallest absolute Gasteiger partial charge is 0.265 e. The number of Topliss-reactive ketones (excluding diaryl/α,β-unsaturated/α-hetero) is 2. The van der Waals surface area contributed by atoms with Crippen molar-refractivity contribution in [3.63, 3.8) is 0 Å². The van der Waals surface area contributed by atoms with E-state index in [1.54, 1.807) is 4.90 Å². The lowest BCUT2D eigenvalue weighted by atomic mass is 9.87. The molecule has 0 saturated heterocycles. The summed E-state index contributed by atoms with van der Waals surface area (Å²) >= 11 is 1.41. The Morgan fingerprint density at radius 2 is 1.86 bits per heavy atom. The fourth-order valence-electron chi connectivity index (χ4n) is 3.92. The van der Waals surface area contributed by atoms with Gasteiger partial charge >= 0.3 is 0 Å². The second kappa shape index (κ2) is 7.41. The monoisotopic (exact) mass is 411 g/mol. The molecule has 5 nitrogen and oxygen atoms in total. The van der Waals surface area contributed by atoms with Crippen LogP contribution >= 0.6 is 11.3 Å². The van der Waals surface area contributed by atoms with Crippen LogP contribution in [-0.4, -0.2) is 28.4 Å². The summed E-state index contributed by atoms with van der Waals surface area (Å²) in [5, 5.41) is 1.97. The van der Waals surface area contributed by atoms with E-state index in [1.165, 1.54) is 16.9 Å². The van der Waals surface area contributed by atoms with Gasteiger partial charge < -0.3 is 9.64 Å². The van der Waals surface area contributed by atoms with Gasteiger partial charge in [0.2, 0.25) is 0 Å². The number of thiophene rings is 1. The van der Waals surface area contributed by atoms with Crippen molar-refractivity contribution in [1.82, 2.24) is 4.90 Å². The van der Waals surface area contributed by atoms with Gasteiger partial charge in [-0.15, -0.1) is 11.3 Å². The Kier molecular flexibility index (Phi) is 5.07. The second-order valence-corrected chi connectivity index (χ2v) is 9.68. The van der Waals surface area contributed by atoms with Crippen molar-refractivity contribution >= 4 is 28.8 Å². The van der Waals surface area contributed by atoms with Crippen LogP contribution in [0.5, 0.6) is 5.75 Å². The van der Waals surface area contributed by atoms with Crippen LogP contribution in [-0.2, 0) is 28.2 Å². The van der Waals surface area contributed by atoms with Gasteiger partial charge in [-0.3, -0.25) is 14.4 Å². The van der Waals surface area contributed by atoms with E-state index in [9.17, 15) is 14.4 Å². The van der Waals surface area contributed by atoms with Crippen molar-refractivity contribution in [2.45, 2.75) is 64.6 Å². The highest BCUT2D eigenvalue weighted by Crippen LogP contribution is 2.35. The topological polar surface area (TPSA) is 63.7 Å². The highest BCUT2D eigenvalue weighted by Gasteiger charge is 2.40. The summed E-state index contributed by atoms with van der Waals surface area (Å²) in [5.74, 6) is 0.527. The molecule has 6 heteroatoms. The Morgan fingerprint density at radius 3 is 2.52 bits per heavy atom. The average molecular weight is 412 g/mol. The summed E-state index contributed by atoms with van der Waals surface area (Å²) in [7, 11) is 0. The number of carbonyl (C=O) groups is 3. The SMILES string of the molecule is CC(C)(C)c1ccc(OCc2csc3c2CN([C@H]2CCC(=O)CC2=O)C3=O)cc1. The zero-order valence-corrected chi connectivity index (χ0v) is 17.8. The predicted molar refractivity (Wildman–Crippen MR) is 111 cm³/mol. The third-order valence-electron chi connectivity index (χ3n) is 5.69. The molecule has 0 bridgehead atoms. The minimum absolute atomic E-state index is 0.0285. The molecule has 1 amide bonds. The molecule has 29 heavy (non-hydrogen) atoms. The first-order valence-electron chi connectivity index (χ1n) is 9.92. The standard InChI is InChI=1S/C23H25NO4S/c1-23(2,3)15-4-7-17(8-5-15)28-12-14-13-29-21-18(14)11-24(22(21)27)19-9-6-16(25)10-20(19)26/h4-5,7-8,13,19H,6,9-12H2,1-3H3/t19-/m0/s1. The first kappa shape index (κ1) is 19.8. The number of fused-ring (bicyclic) bond motifs is 1. The van der Waals surface area contributed by atoms with Crippen LogP contribution in [0.1, 0.15) is 66.4 Å². The number of ether oxygens (including phenoxy) is 1. The van der Waals surface area contributed by atoms with Crippen molar-refractivity contribution in [1.29, 1.82) is 0 Å². The molecule has 2 aromatic rings. The molecule has 4 rings (SSSR count). The molecule has 152 valence electrons. The third kappa shape index (κ3) is 3.86. The molecule has 1 saturated carbocycles. The summed E-state index contributed by atoms with van der Waals surface area (Å²) < 4.78 is 5.96. The largest absolute Gasteiger partial charge is 0.489 e. The maximum atomic E-state index is 12.8. The fraction of sp³-hybridized carbons (Fsp3) is 0.435. The van der Waals surface area contributed by atoms with Crippen LogP contribution in [0, 0.1) is 0 Å². The van der Waals surface area contributed by atoms with Crippen molar-refractivity contribution in [2.75, 3.05) is 0 Å². The minimum atomic E-state index is -0.474. The lowest BCUT2D eigenvalue weighted by Gasteiger charge is -2.29. The van der Waals surface area contributed by atoms with E-state index in [-0.39, 0.29) is 29.3 Å². The highest BCUT2D eigenvalue weighted by atomic mass is 32.1. The van der Waals surface area contributed by atoms with Crippen LogP contribution < -0.4 is 4.74 Å². The Bertz CT molecular complexity index is 968. The molecule has 1 aliphatic heterocycles. The number of rotatable bonds is 4. The van der Waals surface area contributed by atoms with Gasteiger partial charge in [-0.2, -0.15) is 0 Å². The van der Waals surface area contributed by atoms with E-state index in [0.717, 1.165) is 16.9 Å². The number of nitrogens with zero attached hydrogens (tertiary/aromatic N) is 1. The van der Waals surface area contributed by atoms with Gasteiger partial charge in [-0.05, 0) is 34.9 Å². The minimum Gasteiger partial charge on any atom is -0.489 e. The molecule has 0 spiro atoms. The Hall–Kier alpha value is -2.47. The molecule has 1 atom stereocenters. The van der Waals surface area contributed by atoms with E-state index in [4.69, 9.17) is 4.74 Å². The summed E-state index contributed by atoms with van der Waals surface area (Å²) in [4.78, 5) is 38.9. The van der Waals surface area contributed by atoms with E-state index in [0.29, 0.717) is 30.9 Å². The first-order valence-corrected chi connectivity index (χ1v) is 10.8. The van der Waals surface area contributed by atoms with Crippen molar-refractivity contribution in [2.24, 2.45) is 0 Å². The van der Waals surface area contributed by atoms with Crippen molar-refractivity contribution in [3.05, 3.63) is 51.2 Å². The van der Waals surface area contributed by atoms with E-state index in [2.05, 4.69) is 32.9 Å². The summed E-state index contributed by atoms with van der Waals surface area (Å²) in [5.41, 5.74) is 3.28. The first-order chi connectivity index (χ1) is 13.7. The Balaban J connectivity index is 1.44. The molecule has 1 aromatic carbocycles. The molecular weight excluding hydrogens is 386 g/mol. The van der Waals surface area contributed by atoms with Gasteiger partial charge in [-0.1, -0.05) is 32.9 Å². The summed E-state index contributed by atoms with van der Waals surface area (Å²) in [6.07, 6.45) is 0.751. The maximum Gasteiger partial charge on any atom is 0.265 e. The fourth-order valence-corrected chi connectivity index (χ4v) is 4.94. The van der Waals surface area contributed by atoms with E-state index >= 15 is 0 Å². The molecule has 1 aromatic heterocycles. The number of ketones is 2. The zero-order valence-electron chi connectivity index (χ0n) is 17.0. The predicted octanol–water partition coefficient (Wildman–Crippen LogP) is 4.27. The number of carbonyl (C=O) groups excluding carboxylic acids is 3. The normalized spacial score (nSPS) is 19.6. The van der Waals surface area contributed by atoms with Gasteiger partial charge in [0.15, 0.2) is 5.78 Å². The summed E-state index contributed by atoms with van der Waals surface area (Å²) in [6.45, 7) is 7.33. The molecule has 1 fully saturated rings. The van der Waals surface area contributed by atoms with Gasteiger partial charge in [-0.25, -0.2) is 0 Å². The Labute approximate surface area is 174 Å². The number of hydrogen-bond acceptors (Lipinski definition) is 5. The average Bonchev–Trinajstić information content (AvgIpc) is 3.20. The third-order valence-corrected chi connectivity index (χ3v) is 6.75. The highest BCUT2D eigenvalue weighted by molar-refractivity contribution is 7.12. The molecule has 2 aliphatic rings. The number of amides is 1. The number of benzene rings is 1. The maximum absolute atomic E-state index is 12.8.